The summed E-state index contributed by atoms with van der Waals surface area (Å²) in [5, 5.41) is 0. The number of ether oxygens (including phenoxy) is 4. The average Bonchev–Trinajstić information content (AvgIpc) is 3.30. The zero-order valence-electron chi connectivity index (χ0n) is 18.3. The van der Waals surface area contributed by atoms with Gasteiger partial charge in [0.05, 0.1) is 33.6 Å². The van der Waals surface area contributed by atoms with Crippen LogP contribution in [0.2, 0.25) is 0 Å². The van der Waals surface area contributed by atoms with E-state index in [4.69, 9.17) is 23.4 Å². The third kappa shape index (κ3) is 4.88. The van der Waals surface area contributed by atoms with Crippen LogP contribution >= 0.6 is 0 Å². The molecule has 0 bridgehead atoms. The highest BCUT2D eigenvalue weighted by atomic mass is 16.5. The van der Waals surface area contributed by atoms with Gasteiger partial charge in [0, 0.05) is 18.2 Å². The molecule has 0 fully saturated rings. The van der Waals surface area contributed by atoms with Crippen LogP contribution in [0.5, 0.6) is 17.2 Å². The summed E-state index contributed by atoms with van der Waals surface area (Å²) in [5.74, 6) is -0.655. The number of carbonyl (C=O) groups is 2. The summed E-state index contributed by atoms with van der Waals surface area (Å²) in [6, 6.07) is 8.51. The second kappa shape index (κ2) is 10.4. The highest BCUT2D eigenvalue weighted by Gasteiger charge is 2.32. The van der Waals surface area contributed by atoms with Crippen LogP contribution in [0.4, 0.5) is 0 Å². The van der Waals surface area contributed by atoms with Gasteiger partial charge in [-0.25, -0.2) is 9.97 Å². The summed E-state index contributed by atoms with van der Waals surface area (Å²) in [6.07, 6.45) is 2.83. The van der Waals surface area contributed by atoms with Gasteiger partial charge in [0.15, 0.2) is 17.3 Å². The highest BCUT2D eigenvalue weighted by Crippen LogP contribution is 2.32. The number of carbonyl (C=O) groups excluding carboxylic acids is 2. The Labute approximate surface area is 185 Å². The molecular weight excluding hydrogens is 416 g/mol. The Balaban J connectivity index is 1.87. The average molecular weight is 440 g/mol. The molecule has 32 heavy (non-hydrogen) atoms. The van der Waals surface area contributed by atoms with Crippen LogP contribution in [-0.2, 0) is 16.0 Å². The van der Waals surface area contributed by atoms with E-state index in [0.717, 1.165) is 0 Å². The van der Waals surface area contributed by atoms with E-state index in [1.165, 1.54) is 26.7 Å². The number of esters is 1. The zero-order chi connectivity index (χ0) is 23.1. The van der Waals surface area contributed by atoms with Crippen LogP contribution in [-0.4, -0.2) is 49.7 Å². The summed E-state index contributed by atoms with van der Waals surface area (Å²) >= 11 is 0. The molecule has 0 amide bonds. The standard InChI is InChI=1S/C23H24N2O7/c1-5-31-19-11-14(8-9-17(19)28-2)22-25-15(13-32-22)12-16(23(27)30-4)21(26)20-18(29-3)7-6-10-24-20/h6-11,13,16H,5,12H2,1-4H3. The van der Waals surface area contributed by atoms with Crippen LogP contribution in [0.25, 0.3) is 11.5 Å². The molecule has 2 aromatic heterocycles. The maximum absolute atomic E-state index is 13.1. The lowest BCUT2D eigenvalue weighted by molar-refractivity contribution is -0.143. The number of oxazole rings is 1. The molecule has 2 heterocycles. The molecule has 0 radical (unpaired) electrons. The number of nitrogens with zero attached hydrogens (tertiary/aromatic N) is 2. The number of Topliss-reactive ketones (excluding diaryl/α,β-unsaturated/α-hetero) is 1. The molecule has 0 N–H and O–H groups in total. The predicted molar refractivity (Wildman–Crippen MR) is 114 cm³/mol. The molecule has 0 aliphatic carbocycles. The van der Waals surface area contributed by atoms with Crippen molar-refractivity contribution in [1.82, 2.24) is 9.97 Å². The van der Waals surface area contributed by atoms with Gasteiger partial charge in [-0.1, -0.05) is 0 Å². The Kier molecular flexibility index (Phi) is 7.43. The molecule has 9 heteroatoms. The smallest absolute Gasteiger partial charge is 0.317 e. The largest absolute Gasteiger partial charge is 0.494 e. The first kappa shape index (κ1) is 22.8. The molecule has 0 aliphatic rings. The van der Waals surface area contributed by atoms with Crippen molar-refractivity contribution in [2.75, 3.05) is 27.9 Å². The number of benzene rings is 1. The van der Waals surface area contributed by atoms with E-state index in [9.17, 15) is 9.59 Å². The number of pyridine rings is 1. The summed E-state index contributed by atoms with van der Waals surface area (Å²) in [7, 11) is 4.21. The monoisotopic (exact) mass is 440 g/mol. The van der Waals surface area contributed by atoms with Crippen molar-refractivity contribution in [2.45, 2.75) is 13.3 Å². The van der Waals surface area contributed by atoms with E-state index < -0.39 is 17.7 Å². The van der Waals surface area contributed by atoms with Crippen LogP contribution in [0, 0.1) is 5.92 Å². The number of hydrogen-bond acceptors (Lipinski definition) is 9. The second-order valence-corrected chi connectivity index (χ2v) is 6.64. The lowest BCUT2D eigenvalue weighted by Gasteiger charge is -2.13. The number of ketones is 1. The van der Waals surface area contributed by atoms with Crippen molar-refractivity contribution >= 4 is 11.8 Å². The Morgan fingerprint density at radius 1 is 1.06 bits per heavy atom. The fourth-order valence-electron chi connectivity index (χ4n) is 3.15. The lowest BCUT2D eigenvalue weighted by Crippen LogP contribution is -2.28. The summed E-state index contributed by atoms with van der Waals surface area (Å²) in [5.41, 5.74) is 1.12. The topological polar surface area (TPSA) is 110 Å². The van der Waals surface area contributed by atoms with E-state index in [0.29, 0.717) is 35.3 Å². The maximum atomic E-state index is 13.1. The number of rotatable bonds is 10. The van der Waals surface area contributed by atoms with Crippen molar-refractivity contribution in [1.29, 1.82) is 0 Å². The lowest BCUT2D eigenvalue weighted by atomic mass is 9.95. The van der Waals surface area contributed by atoms with Crippen molar-refractivity contribution in [3.05, 3.63) is 54.2 Å². The van der Waals surface area contributed by atoms with Crippen molar-refractivity contribution < 1.29 is 33.0 Å². The first-order valence-electron chi connectivity index (χ1n) is 9.89. The molecule has 3 rings (SSSR count). The Bertz CT molecular complexity index is 1090. The van der Waals surface area contributed by atoms with Gasteiger partial charge in [-0.3, -0.25) is 9.59 Å². The van der Waals surface area contributed by atoms with Gasteiger partial charge in [-0.05, 0) is 37.3 Å². The van der Waals surface area contributed by atoms with Crippen molar-refractivity contribution in [3.8, 4) is 28.7 Å². The van der Waals surface area contributed by atoms with E-state index in [1.807, 2.05) is 6.92 Å². The van der Waals surface area contributed by atoms with Crippen LogP contribution < -0.4 is 14.2 Å². The van der Waals surface area contributed by atoms with Crippen molar-refractivity contribution in [3.63, 3.8) is 0 Å². The molecule has 168 valence electrons. The van der Waals surface area contributed by atoms with Crippen LogP contribution in [0.3, 0.4) is 0 Å². The molecular formula is C23H24N2O7. The molecule has 1 unspecified atom stereocenters. The van der Waals surface area contributed by atoms with Gasteiger partial charge >= 0.3 is 5.97 Å². The number of methoxy groups -OCH3 is 3. The molecule has 3 aromatic rings. The van der Waals surface area contributed by atoms with E-state index >= 15 is 0 Å². The SMILES string of the molecule is CCOc1cc(-c2nc(CC(C(=O)OC)C(=O)c3ncccc3OC)co2)ccc1OC. The first-order chi connectivity index (χ1) is 15.5. The van der Waals surface area contributed by atoms with Gasteiger partial charge < -0.3 is 23.4 Å². The minimum atomic E-state index is -1.16. The zero-order valence-corrected chi connectivity index (χ0v) is 18.3. The number of aromatic nitrogens is 2. The third-order valence-electron chi connectivity index (χ3n) is 4.70. The molecule has 9 nitrogen and oxygen atoms in total. The minimum absolute atomic E-state index is 0.0246. The van der Waals surface area contributed by atoms with E-state index in [2.05, 4.69) is 9.97 Å². The molecule has 1 atom stereocenters. The fraction of sp³-hybridized carbons (Fsp3) is 0.304. The first-order valence-corrected chi connectivity index (χ1v) is 9.89. The summed E-state index contributed by atoms with van der Waals surface area (Å²) in [4.78, 5) is 34.0. The summed E-state index contributed by atoms with van der Waals surface area (Å²) in [6.45, 7) is 2.34. The molecule has 0 saturated carbocycles. The van der Waals surface area contributed by atoms with E-state index in [1.54, 1.807) is 37.4 Å². The highest BCUT2D eigenvalue weighted by molar-refractivity contribution is 6.09. The van der Waals surface area contributed by atoms with Crippen LogP contribution in [0.1, 0.15) is 23.1 Å². The maximum Gasteiger partial charge on any atom is 0.317 e. The van der Waals surface area contributed by atoms with Gasteiger partial charge in [-0.15, -0.1) is 0 Å². The molecule has 1 aromatic carbocycles. The van der Waals surface area contributed by atoms with Gasteiger partial charge in [-0.2, -0.15) is 0 Å². The Hall–Kier alpha value is -3.88. The molecule has 0 spiro atoms. The third-order valence-corrected chi connectivity index (χ3v) is 4.70. The Morgan fingerprint density at radius 3 is 2.53 bits per heavy atom. The van der Waals surface area contributed by atoms with Crippen molar-refractivity contribution in [2.24, 2.45) is 5.92 Å². The second-order valence-electron chi connectivity index (χ2n) is 6.64. The van der Waals surface area contributed by atoms with Gasteiger partial charge in [0.2, 0.25) is 5.89 Å². The molecule has 0 saturated heterocycles. The summed E-state index contributed by atoms with van der Waals surface area (Å²) < 4.78 is 26.5. The number of hydrogen-bond donors (Lipinski definition) is 0. The van der Waals surface area contributed by atoms with Gasteiger partial charge in [0.25, 0.3) is 0 Å². The van der Waals surface area contributed by atoms with Gasteiger partial charge in [0.1, 0.15) is 23.6 Å². The normalized spacial score (nSPS) is 11.5. The predicted octanol–water partition coefficient (Wildman–Crippen LogP) is 3.37. The quantitative estimate of drug-likeness (QED) is 0.266. The minimum Gasteiger partial charge on any atom is -0.494 e. The Morgan fingerprint density at radius 2 is 1.84 bits per heavy atom. The van der Waals surface area contributed by atoms with Crippen LogP contribution in [0.15, 0.2) is 47.2 Å². The fourth-order valence-corrected chi connectivity index (χ4v) is 3.15. The molecule has 0 aliphatic heterocycles. The van der Waals surface area contributed by atoms with E-state index in [-0.39, 0.29) is 17.9 Å².